The third kappa shape index (κ3) is 3.33. The van der Waals surface area contributed by atoms with Gasteiger partial charge in [0.2, 0.25) is 0 Å². The van der Waals surface area contributed by atoms with Gasteiger partial charge in [0.1, 0.15) is 0 Å². The Kier molecular flexibility index (Phi) is 4.37. The fourth-order valence-corrected chi connectivity index (χ4v) is 1.45. The van der Waals surface area contributed by atoms with Crippen LogP contribution in [0, 0.1) is 0 Å². The van der Waals surface area contributed by atoms with Gasteiger partial charge in [0.05, 0.1) is 5.69 Å². The second kappa shape index (κ2) is 5.58. The van der Waals surface area contributed by atoms with Gasteiger partial charge in [0, 0.05) is 6.20 Å². The normalized spacial score (nSPS) is 11.8. The lowest BCUT2D eigenvalue weighted by molar-refractivity contribution is 0.911. The van der Waals surface area contributed by atoms with E-state index in [9.17, 15) is 0 Å². The molecular formula is C13H19N. The first-order valence-corrected chi connectivity index (χ1v) is 5.38. The fraction of sp³-hybridized carbons (Fsp3) is 0.462. The number of rotatable bonds is 4. The van der Waals surface area contributed by atoms with E-state index in [4.69, 9.17) is 0 Å². The number of aryl methyl sites for hydroxylation is 1. The van der Waals surface area contributed by atoms with E-state index in [1.54, 1.807) is 0 Å². The van der Waals surface area contributed by atoms with Crippen molar-refractivity contribution in [1.29, 1.82) is 0 Å². The van der Waals surface area contributed by atoms with Gasteiger partial charge in [-0.1, -0.05) is 31.9 Å². The average Bonchev–Trinajstić information content (AvgIpc) is 2.19. The zero-order valence-corrected chi connectivity index (χ0v) is 9.38. The van der Waals surface area contributed by atoms with Crippen molar-refractivity contribution < 1.29 is 0 Å². The topological polar surface area (TPSA) is 12.9 Å². The largest absolute Gasteiger partial charge is 0.257 e. The summed E-state index contributed by atoms with van der Waals surface area (Å²) in [6.45, 7) is 6.51. The van der Waals surface area contributed by atoms with Gasteiger partial charge < -0.3 is 0 Å². The molecule has 0 amide bonds. The predicted octanol–water partition coefficient (Wildman–Crippen LogP) is 3.85. The molecule has 0 atom stereocenters. The lowest BCUT2D eigenvalue weighted by atomic mass is 10.1. The van der Waals surface area contributed by atoms with E-state index in [0.717, 1.165) is 18.5 Å². The molecule has 0 N–H and O–H groups in total. The van der Waals surface area contributed by atoms with Crippen molar-refractivity contribution in [2.24, 2.45) is 0 Å². The highest BCUT2D eigenvalue weighted by Gasteiger charge is 1.93. The van der Waals surface area contributed by atoms with Crippen LogP contribution in [-0.4, -0.2) is 4.98 Å². The second-order valence-electron chi connectivity index (χ2n) is 3.69. The van der Waals surface area contributed by atoms with Crippen LogP contribution in [-0.2, 0) is 6.42 Å². The van der Waals surface area contributed by atoms with E-state index >= 15 is 0 Å². The summed E-state index contributed by atoms with van der Waals surface area (Å²) in [5, 5.41) is 0. The van der Waals surface area contributed by atoms with Crippen molar-refractivity contribution >= 4 is 6.08 Å². The minimum atomic E-state index is 1.06. The van der Waals surface area contributed by atoms with Crippen LogP contribution in [0.15, 0.2) is 23.9 Å². The average molecular weight is 189 g/mol. The molecule has 0 saturated heterocycles. The molecule has 0 aliphatic carbocycles. The first kappa shape index (κ1) is 11.0. The van der Waals surface area contributed by atoms with Gasteiger partial charge in [-0.15, -0.1) is 0 Å². The third-order valence-corrected chi connectivity index (χ3v) is 2.29. The Hall–Kier alpha value is -1.11. The molecule has 0 unspecified atom stereocenters. The summed E-state index contributed by atoms with van der Waals surface area (Å²) in [6.07, 6.45) is 7.56. The molecule has 0 aliphatic heterocycles. The minimum Gasteiger partial charge on any atom is -0.257 e. The van der Waals surface area contributed by atoms with Crippen molar-refractivity contribution in [2.75, 3.05) is 0 Å². The van der Waals surface area contributed by atoms with E-state index in [2.05, 4.69) is 44.0 Å². The quantitative estimate of drug-likeness (QED) is 0.701. The maximum atomic E-state index is 4.40. The Morgan fingerprint density at radius 2 is 2.14 bits per heavy atom. The summed E-state index contributed by atoms with van der Waals surface area (Å²) in [7, 11) is 0. The van der Waals surface area contributed by atoms with E-state index in [0.29, 0.717) is 0 Å². The van der Waals surface area contributed by atoms with Crippen LogP contribution >= 0.6 is 0 Å². The van der Waals surface area contributed by atoms with Crippen LogP contribution in [0.25, 0.3) is 6.08 Å². The molecule has 1 aromatic heterocycles. The Balaban J connectivity index is 2.72. The standard InChI is InChI=1S/C13H19N/c1-4-6-11(3)9-13-8-7-12(5-2)10-14-13/h7-10H,4-6H2,1-3H3. The summed E-state index contributed by atoms with van der Waals surface area (Å²) >= 11 is 0. The summed E-state index contributed by atoms with van der Waals surface area (Å²) in [5.41, 5.74) is 3.78. The molecule has 76 valence electrons. The molecule has 0 radical (unpaired) electrons. The molecule has 0 spiro atoms. The Morgan fingerprint density at radius 3 is 2.64 bits per heavy atom. The van der Waals surface area contributed by atoms with E-state index in [1.807, 2.05) is 6.20 Å². The van der Waals surface area contributed by atoms with Crippen molar-refractivity contribution in [3.8, 4) is 0 Å². The van der Waals surface area contributed by atoms with E-state index < -0.39 is 0 Å². The summed E-state index contributed by atoms with van der Waals surface area (Å²) in [5.74, 6) is 0. The molecular weight excluding hydrogens is 170 g/mol. The molecule has 14 heavy (non-hydrogen) atoms. The molecule has 0 aliphatic rings. The van der Waals surface area contributed by atoms with Crippen LogP contribution < -0.4 is 0 Å². The summed E-state index contributed by atoms with van der Waals surface area (Å²) in [4.78, 5) is 4.40. The SMILES string of the molecule is CCCC(C)=Cc1ccc(CC)cn1. The molecule has 0 bridgehead atoms. The summed E-state index contributed by atoms with van der Waals surface area (Å²) < 4.78 is 0. The highest BCUT2D eigenvalue weighted by molar-refractivity contribution is 5.48. The maximum Gasteiger partial charge on any atom is 0.0629 e. The lowest BCUT2D eigenvalue weighted by Crippen LogP contribution is -1.86. The number of hydrogen-bond donors (Lipinski definition) is 0. The Bertz CT molecular complexity index is 296. The van der Waals surface area contributed by atoms with Gasteiger partial charge in [-0.2, -0.15) is 0 Å². The van der Waals surface area contributed by atoms with Crippen LogP contribution in [0.4, 0.5) is 0 Å². The molecule has 0 saturated carbocycles. The Labute approximate surface area is 86.9 Å². The fourth-order valence-electron chi connectivity index (χ4n) is 1.45. The number of aromatic nitrogens is 1. The molecule has 1 heteroatoms. The molecule has 1 heterocycles. The maximum absolute atomic E-state index is 4.40. The molecule has 1 nitrogen and oxygen atoms in total. The zero-order valence-electron chi connectivity index (χ0n) is 9.38. The highest BCUT2D eigenvalue weighted by atomic mass is 14.7. The number of pyridine rings is 1. The highest BCUT2D eigenvalue weighted by Crippen LogP contribution is 2.09. The first-order chi connectivity index (χ1) is 6.76. The predicted molar refractivity (Wildman–Crippen MR) is 62.2 cm³/mol. The lowest BCUT2D eigenvalue weighted by Gasteiger charge is -1.99. The van der Waals surface area contributed by atoms with Crippen molar-refractivity contribution in [3.63, 3.8) is 0 Å². The molecule has 0 aromatic carbocycles. The van der Waals surface area contributed by atoms with Crippen LogP contribution in [0.1, 0.15) is 44.9 Å². The molecule has 1 aromatic rings. The van der Waals surface area contributed by atoms with Gasteiger partial charge in [0.25, 0.3) is 0 Å². The Morgan fingerprint density at radius 1 is 1.36 bits per heavy atom. The van der Waals surface area contributed by atoms with Gasteiger partial charge in [-0.3, -0.25) is 4.98 Å². The van der Waals surface area contributed by atoms with Crippen LogP contribution in [0.5, 0.6) is 0 Å². The first-order valence-electron chi connectivity index (χ1n) is 5.38. The second-order valence-corrected chi connectivity index (χ2v) is 3.69. The number of allylic oxidation sites excluding steroid dienone is 1. The zero-order chi connectivity index (χ0) is 10.4. The smallest absolute Gasteiger partial charge is 0.0629 e. The summed E-state index contributed by atoms with van der Waals surface area (Å²) in [6, 6.07) is 4.25. The van der Waals surface area contributed by atoms with E-state index in [1.165, 1.54) is 17.6 Å². The van der Waals surface area contributed by atoms with Crippen molar-refractivity contribution in [3.05, 3.63) is 35.2 Å². The minimum absolute atomic E-state index is 1.06. The van der Waals surface area contributed by atoms with Crippen LogP contribution in [0.2, 0.25) is 0 Å². The van der Waals surface area contributed by atoms with Gasteiger partial charge in [-0.05, 0) is 37.5 Å². The number of nitrogens with zero attached hydrogens (tertiary/aromatic N) is 1. The number of hydrogen-bond acceptors (Lipinski definition) is 1. The van der Waals surface area contributed by atoms with Crippen molar-refractivity contribution in [2.45, 2.75) is 40.0 Å². The van der Waals surface area contributed by atoms with Gasteiger partial charge in [0.15, 0.2) is 0 Å². The third-order valence-electron chi connectivity index (χ3n) is 2.29. The van der Waals surface area contributed by atoms with Gasteiger partial charge >= 0.3 is 0 Å². The van der Waals surface area contributed by atoms with E-state index in [-0.39, 0.29) is 0 Å². The molecule has 0 fully saturated rings. The van der Waals surface area contributed by atoms with Crippen LogP contribution in [0.3, 0.4) is 0 Å². The monoisotopic (exact) mass is 189 g/mol. The van der Waals surface area contributed by atoms with Gasteiger partial charge in [-0.25, -0.2) is 0 Å². The van der Waals surface area contributed by atoms with Crippen molar-refractivity contribution in [1.82, 2.24) is 4.98 Å². The molecule has 1 rings (SSSR count).